The van der Waals surface area contributed by atoms with Crippen molar-refractivity contribution < 1.29 is 4.79 Å². The van der Waals surface area contributed by atoms with E-state index in [0.717, 1.165) is 21.3 Å². The van der Waals surface area contributed by atoms with Crippen molar-refractivity contribution in [1.82, 2.24) is 0 Å². The molecule has 0 saturated carbocycles. The Kier molecular flexibility index (Phi) is 3.17. The number of halogens is 1. The molecule has 0 N–H and O–H groups in total. The molecule has 0 saturated heterocycles. The number of hydrogen-bond acceptors (Lipinski definition) is 1. The molecule has 1 aliphatic heterocycles. The van der Waals surface area contributed by atoms with Crippen LogP contribution < -0.4 is 4.90 Å². The van der Waals surface area contributed by atoms with Crippen LogP contribution in [-0.4, -0.2) is 13.0 Å². The summed E-state index contributed by atoms with van der Waals surface area (Å²) in [5.74, 6) is 0.162. The van der Waals surface area contributed by atoms with Gasteiger partial charge in [0, 0.05) is 17.2 Å². The predicted octanol–water partition coefficient (Wildman–Crippen LogP) is 3.93. The molecule has 20 heavy (non-hydrogen) atoms. The van der Waals surface area contributed by atoms with Gasteiger partial charge >= 0.3 is 0 Å². The Hall–Kier alpha value is -1.61. The molecule has 0 aromatic heterocycles. The van der Waals surface area contributed by atoms with Crippen molar-refractivity contribution in [3.05, 3.63) is 64.1 Å². The first kappa shape index (κ1) is 13.4. The van der Waals surface area contributed by atoms with Crippen LogP contribution in [-0.2, 0) is 16.6 Å². The minimum atomic E-state index is -0.491. The maximum absolute atomic E-state index is 12.7. The van der Waals surface area contributed by atoms with Gasteiger partial charge in [-0.2, -0.15) is 0 Å². The first-order valence-corrected chi connectivity index (χ1v) is 7.44. The van der Waals surface area contributed by atoms with Gasteiger partial charge in [0.15, 0.2) is 0 Å². The summed E-state index contributed by atoms with van der Waals surface area (Å²) in [6.45, 7) is 2.04. The first-order chi connectivity index (χ1) is 9.54. The monoisotopic (exact) mass is 329 g/mol. The van der Waals surface area contributed by atoms with E-state index in [0.29, 0.717) is 6.42 Å². The number of hydrogen-bond donors (Lipinski definition) is 0. The fourth-order valence-corrected chi connectivity index (χ4v) is 3.45. The maximum atomic E-state index is 12.7. The molecule has 1 atom stereocenters. The van der Waals surface area contributed by atoms with E-state index >= 15 is 0 Å². The molecule has 1 heterocycles. The zero-order valence-electron chi connectivity index (χ0n) is 11.6. The summed E-state index contributed by atoms with van der Waals surface area (Å²) in [6.07, 6.45) is 0.703. The standard InChI is InChI=1S/C17H16BrNO/c1-17(11-12-7-3-5-9-14(12)18)13-8-4-6-10-15(13)19(2)16(17)20/h3-10H,11H2,1-2H3. The summed E-state index contributed by atoms with van der Waals surface area (Å²) in [4.78, 5) is 14.5. The summed E-state index contributed by atoms with van der Waals surface area (Å²) in [5.41, 5.74) is 2.80. The highest BCUT2D eigenvalue weighted by Gasteiger charge is 2.45. The Morgan fingerprint density at radius 3 is 2.50 bits per heavy atom. The van der Waals surface area contributed by atoms with Gasteiger partial charge in [0.1, 0.15) is 0 Å². The molecule has 2 aromatic carbocycles. The summed E-state index contributed by atoms with van der Waals surface area (Å²) in [5, 5.41) is 0. The second-order valence-corrected chi connectivity index (χ2v) is 6.34. The molecule has 3 rings (SSSR count). The number of anilines is 1. The SMILES string of the molecule is CN1C(=O)C(C)(Cc2ccccc2Br)c2ccccc21. The van der Waals surface area contributed by atoms with Crippen molar-refractivity contribution in [2.24, 2.45) is 0 Å². The molecular formula is C17H16BrNO. The van der Waals surface area contributed by atoms with Crippen LogP contribution >= 0.6 is 15.9 Å². The molecule has 2 aromatic rings. The van der Waals surface area contributed by atoms with Crippen LogP contribution in [0.25, 0.3) is 0 Å². The first-order valence-electron chi connectivity index (χ1n) is 6.65. The van der Waals surface area contributed by atoms with Crippen molar-refractivity contribution in [2.75, 3.05) is 11.9 Å². The van der Waals surface area contributed by atoms with E-state index in [-0.39, 0.29) is 5.91 Å². The number of amides is 1. The van der Waals surface area contributed by atoms with Crippen molar-refractivity contribution >= 4 is 27.5 Å². The second-order valence-electron chi connectivity index (χ2n) is 5.48. The molecule has 0 aliphatic carbocycles. The Morgan fingerprint density at radius 2 is 1.75 bits per heavy atom. The highest BCUT2D eigenvalue weighted by atomic mass is 79.9. The summed E-state index contributed by atoms with van der Waals surface area (Å²) < 4.78 is 1.06. The van der Waals surface area contributed by atoms with E-state index in [1.165, 1.54) is 0 Å². The predicted molar refractivity (Wildman–Crippen MR) is 85.1 cm³/mol. The lowest BCUT2D eigenvalue weighted by Gasteiger charge is -2.24. The fraction of sp³-hybridized carbons (Fsp3) is 0.235. The van der Waals surface area contributed by atoms with Crippen molar-refractivity contribution in [2.45, 2.75) is 18.8 Å². The van der Waals surface area contributed by atoms with Crippen LogP contribution in [0.5, 0.6) is 0 Å². The van der Waals surface area contributed by atoms with Crippen molar-refractivity contribution in [3.8, 4) is 0 Å². The van der Waals surface area contributed by atoms with E-state index in [1.807, 2.05) is 50.4 Å². The third-order valence-corrected chi connectivity index (χ3v) is 4.91. The van der Waals surface area contributed by atoms with Gasteiger partial charge in [0.25, 0.3) is 0 Å². The van der Waals surface area contributed by atoms with E-state index in [9.17, 15) is 4.79 Å². The number of para-hydroxylation sites is 1. The number of benzene rings is 2. The van der Waals surface area contributed by atoms with E-state index in [1.54, 1.807) is 4.90 Å². The van der Waals surface area contributed by atoms with Gasteiger partial charge in [-0.3, -0.25) is 4.79 Å². The molecule has 0 radical (unpaired) electrons. The quantitative estimate of drug-likeness (QED) is 0.817. The van der Waals surface area contributed by atoms with Crippen LogP contribution in [0.15, 0.2) is 53.0 Å². The van der Waals surface area contributed by atoms with E-state index in [2.05, 4.69) is 28.1 Å². The number of fused-ring (bicyclic) bond motifs is 1. The Balaban J connectivity index is 2.08. The van der Waals surface area contributed by atoms with Gasteiger partial charge in [-0.25, -0.2) is 0 Å². The average molecular weight is 330 g/mol. The summed E-state index contributed by atoms with van der Waals surface area (Å²) in [6, 6.07) is 16.2. The Bertz CT molecular complexity index is 682. The Morgan fingerprint density at radius 1 is 1.10 bits per heavy atom. The van der Waals surface area contributed by atoms with Crippen molar-refractivity contribution in [3.63, 3.8) is 0 Å². The molecule has 1 unspecified atom stereocenters. The maximum Gasteiger partial charge on any atom is 0.237 e. The smallest absolute Gasteiger partial charge is 0.237 e. The second kappa shape index (κ2) is 4.74. The molecule has 0 spiro atoms. The highest BCUT2D eigenvalue weighted by molar-refractivity contribution is 9.10. The molecule has 0 bridgehead atoms. The molecule has 0 fully saturated rings. The largest absolute Gasteiger partial charge is 0.314 e. The van der Waals surface area contributed by atoms with Crippen LogP contribution in [0.4, 0.5) is 5.69 Å². The number of nitrogens with zero attached hydrogens (tertiary/aromatic N) is 1. The van der Waals surface area contributed by atoms with Gasteiger partial charge in [0.05, 0.1) is 5.41 Å². The number of rotatable bonds is 2. The third-order valence-electron chi connectivity index (χ3n) is 4.14. The molecule has 3 heteroatoms. The number of carbonyl (C=O) groups excluding carboxylic acids is 1. The molecule has 1 aliphatic rings. The van der Waals surface area contributed by atoms with Crippen LogP contribution in [0.1, 0.15) is 18.1 Å². The average Bonchev–Trinajstić information content (AvgIpc) is 2.65. The molecule has 1 amide bonds. The number of likely N-dealkylation sites (N-methyl/N-ethyl adjacent to an activating group) is 1. The van der Waals surface area contributed by atoms with Crippen LogP contribution in [0.3, 0.4) is 0 Å². The van der Waals surface area contributed by atoms with Crippen LogP contribution in [0.2, 0.25) is 0 Å². The van der Waals surface area contributed by atoms with Crippen molar-refractivity contribution in [1.29, 1.82) is 0 Å². The molecular weight excluding hydrogens is 314 g/mol. The Labute approximate surface area is 127 Å². The van der Waals surface area contributed by atoms with E-state index < -0.39 is 5.41 Å². The van der Waals surface area contributed by atoms with Crippen LogP contribution in [0, 0.1) is 0 Å². The minimum Gasteiger partial charge on any atom is -0.314 e. The van der Waals surface area contributed by atoms with Gasteiger partial charge in [0.2, 0.25) is 5.91 Å². The van der Waals surface area contributed by atoms with Gasteiger partial charge < -0.3 is 4.90 Å². The van der Waals surface area contributed by atoms with Gasteiger partial charge in [-0.05, 0) is 36.6 Å². The van der Waals surface area contributed by atoms with Gasteiger partial charge in [-0.15, -0.1) is 0 Å². The van der Waals surface area contributed by atoms with E-state index in [4.69, 9.17) is 0 Å². The fourth-order valence-electron chi connectivity index (χ4n) is 3.02. The lowest BCUT2D eigenvalue weighted by Crippen LogP contribution is -2.37. The normalized spacial score (nSPS) is 21.1. The summed E-state index contributed by atoms with van der Waals surface area (Å²) in [7, 11) is 1.85. The highest BCUT2D eigenvalue weighted by Crippen LogP contribution is 2.43. The zero-order chi connectivity index (χ0) is 14.3. The lowest BCUT2D eigenvalue weighted by molar-refractivity contribution is -0.122. The minimum absolute atomic E-state index is 0.162. The third kappa shape index (κ3) is 1.88. The van der Waals surface area contributed by atoms with Gasteiger partial charge in [-0.1, -0.05) is 52.3 Å². The lowest BCUT2D eigenvalue weighted by atomic mass is 9.78. The summed E-state index contributed by atoms with van der Waals surface area (Å²) >= 11 is 3.58. The zero-order valence-corrected chi connectivity index (χ0v) is 13.1. The molecule has 102 valence electrons. The topological polar surface area (TPSA) is 20.3 Å². The molecule has 2 nitrogen and oxygen atoms in total. The number of carbonyl (C=O) groups is 1.